The molecule has 0 aromatic heterocycles. The lowest BCUT2D eigenvalue weighted by Crippen LogP contribution is -2.50. The fraction of sp³-hybridized carbons (Fsp3) is 0.657. The number of piperidine rings is 2. The summed E-state index contributed by atoms with van der Waals surface area (Å²) < 4.78 is 0. The molecule has 1 aromatic carbocycles. The van der Waals surface area contributed by atoms with Gasteiger partial charge in [-0.3, -0.25) is 29.2 Å². The molecule has 0 radical (unpaired) electrons. The summed E-state index contributed by atoms with van der Waals surface area (Å²) in [5.41, 5.74) is 1.10. The summed E-state index contributed by atoms with van der Waals surface area (Å²) in [6, 6.07) is 7.53. The van der Waals surface area contributed by atoms with Crippen molar-refractivity contribution in [3.8, 4) is 0 Å². The van der Waals surface area contributed by atoms with E-state index in [1.807, 2.05) is 44.2 Å². The Morgan fingerprint density at radius 2 is 1.22 bits per heavy atom. The molecule has 1 aromatic rings. The minimum Gasteiger partial charge on any atom is -0.347 e. The summed E-state index contributed by atoms with van der Waals surface area (Å²) in [5.74, 6) is -0.340. The number of urea groups is 2. The van der Waals surface area contributed by atoms with Gasteiger partial charge in [-0.1, -0.05) is 58.0 Å². The maximum absolute atomic E-state index is 12.7. The quantitative estimate of drug-likeness (QED) is 0.300. The number of hydrogen-bond acceptors (Lipinski definition) is 8. The highest BCUT2D eigenvalue weighted by Gasteiger charge is 2.52. The van der Waals surface area contributed by atoms with Gasteiger partial charge in [0, 0.05) is 24.9 Å². The number of carbonyl (C=O) groups excluding carboxylic acids is 6. The molecule has 6 amide bonds. The molecule has 4 bridgehead atoms. The number of fused-ring (bicyclic) bond motifs is 4. The first-order valence-corrected chi connectivity index (χ1v) is 17.3. The van der Waals surface area contributed by atoms with Crippen LogP contribution in [0.1, 0.15) is 71.8 Å². The van der Waals surface area contributed by atoms with Crippen LogP contribution in [0.15, 0.2) is 30.3 Å². The molecule has 3 N–H and O–H groups in total. The third-order valence-electron chi connectivity index (χ3n) is 11.2. The minimum absolute atomic E-state index is 0.0255. The van der Waals surface area contributed by atoms with Crippen LogP contribution in [0.3, 0.4) is 0 Å². The zero-order valence-corrected chi connectivity index (χ0v) is 28.7. The van der Waals surface area contributed by atoms with Crippen molar-refractivity contribution in [2.45, 2.75) is 97.0 Å². The van der Waals surface area contributed by atoms with Crippen LogP contribution in [0.4, 0.5) is 9.59 Å². The molecular formula is C35H48N6O8. The Morgan fingerprint density at radius 1 is 0.755 bits per heavy atom. The van der Waals surface area contributed by atoms with Crippen molar-refractivity contribution in [2.24, 2.45) is 22.7 Å². The van der Waals surface area contributed by atoms with Crippen LogP contribution in [-0.4, -0.2) is 111 Å². The molecule has 14 heteroatoms. The topological polar surface area (TPSA) is 169 Å². The second-order valence-corrected chi connectivity index (χ2v) is 15.7. The highest BCUT2D eigenvalue weighted by molar-refractivity contribution is 5.94. The van der Waals surface area contributed by atoms with Gasteiger partial charge < -0.3 is 20.4 Å². The summed E-state index contributed by atoms with van der Waals surface area (Å²) in [6.45, 7) is 9.44. The van der Waals surface area contributed by atoms with Crippen LogP contribution < -0.4 is 10.6 Å². The number of Topliss-reactive ketones (excluding diaryl/α,β-unsaturated/α-hetero) is 2. The highest BCUT2D eigenvalue weighted by Crippen LogP contribution is 2.52. The summed E-state index contributed by atoms with van der Waals surface area (Å²) in [6.07, 6.45) is 4.15. The van der Waals surface area contributed by atoms with Gasteiger partial charge in [0.1, 0.15) is 18.7 Å². The molecule has 6 fully saturated rings. The van der Waals surface area contributed by atoms with E-state index in [0.717, 1.165) is 18.4 Å². The van der Waals surface area contributed by atoms with E-state index in [9.17, 15) is 34.0 Å². The maximum Gasteiger partial charge on any atom is 0.345 e. The smallest absolute Gasteiger partial charge is 0.345 e. The van der Waals surface area contributed by atoms with Gasteiger partial charge in [0.15, 0.2) is 11.6 Å². The first-order chi connectivity index (χ1) is 23.2. The van der Waals surface area contributed by atoms with Gasteiger partial charge in [-0.25, -0.2) is 14.7 Å². The van der Waals surface area contributed by atoms with E-state index in [4.69, 9.17) is 4.84 Å². The van der Waals surface area contributed by atoms with Gasteiger partial charge in [0.25, 0.3) is 0 Å². The Hall–Kier alpha value is -4.04. The molecule has 4 heterocycles. The van der Waals surface area contributed by atoms with Gasteiger partial charge >= 0.3 is 12.1 Å². The number of nitrogens with zero attached hydrogens (tertiary/aromatic N) is 4. The SMILES string of the molecule is CC1(C)CC1C(=O)CNC(=O)[C@@H]1CC[C@@H]2CN1C(=O)N2O.CC1(C)CC1C(=O)CNC(=O)[C@@H]1CC[C@@H]2CN1C(=O)N2OCc1ccccc1. The van der Waals surface area contributed by atoms with Crippen LogP contribution in [0.25, 0.3) is 0 Å². The van der Waals surface area contributed by atoms with Crippen LogP contribution in [0, 0.1) is 22.7 Å². The normalized spacial score (nSPS) is 30.0. The summed E-state index contributed by atoms with van der Waals surface area (Å²) in [5, 5.41) is 17.1. The third kappa shape index (κ3) is 7.30. The molecule has 0 spiro atoms. The van der Waals surface area contributed by atoms with E-state index in [1.165, 1.54) is 9.96 Å². The van der Waals surface area contributed by atoms with E-state index < -0.39 is 18.1 Å². The molecule has 4 aliphatic heterocycles. The highest BCUT2D eigenvalue weighted by atomic mass is 16.7. The number of amides is 6. The van der Waals surface area contributed by atoms with Crippen molar-refractivity contribution in [1.29, 1.82) is 0 Å². The molecular weight excluding hydrogens is 632 g/mol. The molecule has 14 nitrogen and oxygen atoms in total. The number of rotatable bonds is 11. The second-order valence-electron chi connectivity index (χ2n) is 15.7. The second kappa shape index (κ2) is 13.3. The average Bonchev–Trinajstić information content (AvgIpc) is 3.90. The summed E-state index contributed by atoms with van der Waals surface area (Å²) >= 11 is 0. The Kier molecular flexibility index (Phi) is 9.48. The number of benzene rings is 1. The number of ketones is 2. The molecule has 49 heavy (non-hydrogen) atoms. The zero-order valence-electron chi connectivity index (χ0n) is 28.7. The van der Waals surface area contributed by atoms with Gasteiger partial charge in [-0.2, -0.15) is 5.06 Å². The van der Waals surface area contributed by atoms with Crippen molar-refractivity contribution >= 4 is 35.4 Å². The van der Waals surface area contributed by atoms with Crippen molar-refractivity contribution in [2.75, 3.05) is 26.2 Å². The molecule has 7 rings (SSSR count). The summed E-state index contributed by atoms with van der Waals surface area (Å²) in [4.78, 5) is 82.2. The molecule has 266 valence electrons. The predicted molar refractivity (Wildman–Crippen MR) is 174 cm³/mol. The van der Waals surface area contributed by atoms with Crippen molar-refractivity contribution in [3.63, 3.8) is 0 Å². The standard InChI is InChI=1S/C21H27N3O4.C14H21N3O4/c1-21(2)10-16(21)18(25)11-22-19(26)17-9-8-15-12-23(17)20(27)24(15)28-13-14-6-4-3-5-7-14;1-14(2)5-9(14)11(18)6-15-12(19)10-4-3-8-7-16(10)13(20)17(8)21/h3-7,15-17H,8-13H2,1-2H3,(H,22,26);8-10,21H,3-7H2,1-2H3,(H,15,19)/t15-,16?,17+;8-,9?,10+/m11/s1. The lowest BCUT2D eigenvalue weighted by atomic mass is 10.00. The van der Waals surface area contributed by atoms with Crippen molar-refractivity contribution in [1.82, 2.24) is 30.6 Å². The molecule has 2 aliphatic carbocycles. The van der Waals surface area contributed by atoms with E-state index in [1.54, 1.807) is 4.90 Å². The molecule has 6 aliphatic rings. The Bertz CT molecular complexity index is 1500. The number of hydroxylamine groups is 4. The van der Waals surface area contributed by atoms with E-state index in [-0.39, 0.29) is 77.3 Å². The number of nitrogens with one attached hydrogen (secondary N) is 2. The van der Waals surface area contributed by atoms with Gasteiger partial charge in [0.05, 0.1) is 25.2 Å². The van der Waals surface area contributed by atoms with E-state index in [0.29, 0.717) is 50.4 Å². The van der Waals surface area contributed by atoms with Crippen molar-refractivity contribution < 1.29 is 38.8 Å². The summed E-state index contributed by atoms with van der Waals surface area (Å²) in [7, 11) is 0. The first-order valence-electron chi connectivity index (χ1n) is 17.3. The largest absolute Gasteiger partial charge is 0.347 e. The minimum atomic E-state index is -0.578. The number of carbonyl (C=O) groups is 6. The van der Waals surface area contributed by atoms with Crippen LogP contribution in [0.5, 0.6) is 0 Å². The number of hydrogen-bond donors (Lipinski definition) is 3. The molecule has 6 atom stereocenters. The average molecular weight is 681 g/mol. The Balaban J connectivity index is 0.000000177. The lowest BCUT2D eigenvalue weighted by molar-refractivity contribution is -0.140. The Labute approximate surface area is 286 Å². The zero-order chi connectivity index (χ0) is 35.2. The van der Waals surface area contributed by atoms with Gasteiger partial charge in [-0.05, 0) is 54.9 Å². The molecule has 2 saturated carbocycles. The monoisotopic (exact) mass is 680 g/mol. The maximum atomic E-state index is 12.7. The third-order valence-corrected chi connectivity index (χ3v) is 11.2. The molecule has 2 unspecified atom stereocenters. The van der Waals surface area contributed by atoms with E-state index in [2.05, 4.69) is 24.5 Å². The van der Waals surface area contributed by atoms with Gasteiger partial charge in [-0.15, -0.1) is 0 Å². The van der Waals surface area contributed by atoms with Gasteiger partial charge in [0.2, 0.25) is 11.8 Å². The van der Waals surface area contributed by atoms with Crippen LogP contribution >= 0.6 is 0 Å². The lowest BCUT2D eigenvalue weighted by Gasteiger charge is -2.29. The molecule has 4 saturated heterocycles. The predicted octanol–water partition coefficient (Wildman–Crippen LogP) is 2.49. The fourth-order valence-corrected chi connectivity index (χ4v) is 7.58. The van der Waals surface area contributed by atoms with E-state index >= 15 is 0 Å². The first kappa shape index (κ1) is 34.8. The fourth-order valence-electron chi connectivity index (χ4n) is 7.58. The van der Waals surface area contributed by atoms with Crippen molar-refractivity contribution in [3.05, 3.63) is 35.9 Å². The Morgan fingerprint density at radius 3 is 1.73 bits per heavy atom. The van der Waals surface area contributed by atoms with Crippen LogP contribution in [-0.2, 0) is 30.6 Å². The van der Waals surface area contributed by atoms with Crippen LogP contribution in [0.2, 0.25) is 0 Å².